The molecule has 0 aliphatic carbocycles. The number of carbonyl (C=O) groups is 1. The summed E-state index contributed by atoms with van der Waals surface area (Å²) in [4.78, 5) is 12.0. The van der Waals surface area contributed by atoms with E-state index in [2.05, 4.69) is 18.9 Å². The van der Waals surface area contributed by atoms with Crippen LogP contribution in [0.3, 0.4) is 0 Å². The second-order valence-corrected chi connectivity index (χ2v) is 5.23. The molecule has 4 nitrogen and oxygen atoms in total. The Bertz CT molecular complexity index is 339. The molecule has 0 radical (unpaired) electrons. The first-order chi connectivity index (χ1) is 7.60. The summed E-state index contributed by atoms with van der Waals surface area (Å²) in [5.74, 6) is 1.12. The van der Waals surface area contributed by atoms with Gasteiger partial charge in [-0.1, -0.05) is 13.8 Å². The lowest BCUT2D eigenvalue weighted by Gasteiger charge is -2.07. The fourth-order valence-corrected chi connectivity index (χ4v) is 1.97. The number of rotatable bonds is 6. The number of nitrogens with zero attached hydrogens (tertiary/aromatic N) is 2. The number of hydrogen-bond acceptors (Lipinski definition) is 4. The third kappa shape index (κ3) is 3.01. The van der Waals surface area contributed by atoms with Gasteiger partial charge >= 0.3 is 0 Å². The van der Waals surface area contributed by atoms with Gasteiger partial charge in [0.15, 0.2) is 11.5 Å². The summed E-state index contributed by atoms with van der Waals surface area (Å²) in [6.45, 7) is 6.79. The molecule has 0 bridgehead atoms. The van der Waals surface area contributed by atoms with Gasteiger partial charge in [0.1, 0.15) is 5.69 Å². The van der Waals surface area contributed by atoms with Crippen molar-refractivity contribution in [3.8, 4) is 5.75 Å². The van der Waals surface area contributed by atoms with Crippen LogP contribution in [-0.2, 0) is 6.54 Å². The molecule has 16 heavy (non-hydrogen) atoms. The molecular formula is C11H18N2O2S. The second kappa shape index (κ2) is 5.94. The lowest BCUT2D eigenvalue weighted by Crippen LogP contribution is -2.13. The minimum atomic E-state index is 0.0786. The molecule has 1 heterocycles. The summed E-state index contributed by atoms with van der Waals surface area (Å²) in [6, 6.07) is 0. The molecule has 1 aromatic rings. The van der Waals surface area contributed by atoms with E-state index in [9.17, 15) is 4.79 Å². The first-order valence-electron chi connectivity index (χ1n) is 5.34. The van der Waals surface area contributed by atoms with Gasteiger partial charge in [-0.3, -0.25) is 9.48 Å². The highest BCUT2D eigenvalue weighted by molar-refractivity contribution is 8.00. The van der Waals surface area contributed by atoms with Crippen LogP contribution >= 0.6 is 11.8 Å². The van der Waals surface area contributed by atoms with Gasteiger partial charge in [-0.2, -0.15) is 16.9 Å². The molecule has 1 aromatic heterocycles. The normalized spacial score (nSPS) is 10.8. The zero-order valence-electron chi connectivity index (χ0n) is 10.2. The van der Waals surface area contributed by atoms with Gasteiger partial charge in [0.2, 0.25) is 0 Å². The quantitative estimate of drug-likeness (QED) is 0.718. The number of hydrogen-bond donors (Lipinski definition) is 0. The van der Waals surface area contributed by atoms with Crippen LogP contribution < -0.4 is 4.74 Å². The minimum absolute atomic E-state index is 0.0786. The number of methoxy groups -OCH3 is 1. The summed E-state index contributed by atoms with van der Waals surface area (Å²) < 4.78 is 6.82. The Morgan fingerprint density at radius 2 is 2.31 bits per heavy atom. The van der Waals surface area contributed by atoms with Gasteiger partial charge in [-0.15, -0.1) is 0 Å². The molecule has 0 saturated heterocycles. The number of ketones is 1. The monoisotopic (exact) mass is 242 g/mol. The second-order valence-electron chi connectivity index (χ2n) is 3.66. The Hall–Kier alpha value is -0.970. The van der Waals surface area contributed by atoms with Gasteiger partial charge in [-0.25, -0.2) is 0 Å². The van der Waals surface area contributed by atoms with Crippen molar-refractivity contribution in [3.63, 3.8) is 0 Å². The van der Waals surface area contributed by atoms with Crippen molar-refractivity contribution in [1.82, 2.24) is 9.78 Å². The summed E-state index contributed by atoms with van der Waals surface area (Å²) >= 11 is 1.63. The highest BCUT2D eigenvalue weighted by Crippen LogP contribution is 2.20. The Morgan fingerprint density at radius 3 is 2.81 bits per heavy atom. The van der Waals surface area contributed by atoms with E-state index in [1.807, 2.05) is 6.92 Å². The summed E-state index contributed by atoms with van der Waals surface area (Å²) in [5, 5.41) is 4.57. The van der Waals surface area contributed by atoms with Crippen LogP contribution in [0.4, 0.5) is 0 Å². The average Bonchev–Trinajstić information content (AvgIpc) is 2.68. The molecule has 5 heteroatoms. The van der Waals surface area contributed by atoms with E-state index in [4.69, 9.17) is 4.74 Å². The first-order valence-corrected chi connectivity index (χ1v) is 6.39. The number of thioether (sulfide) groups is 1. The van der Waals surface area contributed by atoms with Crippen LogP contribution in [0, 0.1) is 0 Å². The molecule has 0 aromatic carbocycles. The molecule has 0 N–H and O–H groups in total. The first kappa shape index (κ1) is 13.1. The molecule has 0 atom stereocenters. The largest absolute Gasteiger partial charge is 0.493 e. The van der Waals surface area contributed by atoms with Crippen molar-refractivity contribution in [2.45, 2.75) is 32.6 Å². The fraction of sp³-hybridized carbons (Fsp3) is 0.636. The zero-order valence-corrected chi connectivity index (χ0v) is 11.0. The Kier molecular flexibility index (Phi) is 4.86. The molecular weight excluding hydrogens is 224 g/mol. The van der Waals surface area contributed by atoms with Gasteiger partial charge in [-0.05, 0) is 12.2 Å². The summed E-state index contributed by atoms with van der Waals surface area (Å²) in [6.07, 6.45) is 1.59. The molecule has 0 aliphatic rings. The van der Waals surface area contributed by atoms with Crippen LogP contribution in [0.5, 0.6) is 5.75 Å². The number of aromatic nitrogens is 2. The number of aryl methyl sites for hydroxylation is 1. The Labute approximate surface area is 100 Å². The van der Waals surface area contributed by atoms with Crippen LogP contribution in [0.2, 0.25) is 0 Å². The van der Waals surface area contributed by atoms with E-state index in [0.717, 1.165) is 0 Å². The van der Waals surface area contributed by atoms with Gasteiger partial charge in [0, 0.05) is 6.54 Å². The molecule has 90 valence electrons. The van der Waals surface area contributed by atoms with Gasteiger partial charge < -0.3 is 4.74 Å². The highest BCUT2D eigenvalue weighted by atomic mass is 32.2. The maximum absolute atomic E-state index is 12.0. The molecule has 0 amide bonds. The smallest absolute Gasteiger partial charge is 0.194 e. The number of Topliss-reactive ketones (excluding diaryl/α,β-unsaturated/α-hetero) is 1. The van der Waals surface area contributed by atoms with E-state index >= 15 is 0 Å². The number of carbonyl (C=O) groups excluding carboxylic acids is 1. The maximum Gasteiger partial charge on any atom is 0.194 e. The minimum Gasteiger partial charge on any atom is -0.493 e. The van der Waals surface area contributed by atoms with Crippen molar-refractivity contribution in [2.24, 2.45) is 0 Å². The SMILES string of the molecule is CCn1ncc(OC)c1C(=O)CSC(C)C. The third-order valence-electron chi connectivity index (χ3n) is 2.14. The Balaban J connectivity index is 2.83. The lowest BCUT2D eigenvalue weighted by molar-refractivity contribution is 0.100. The van der Waals surface area contributed by atoms with Crippen molar-refractivity contribution in [2.75, 3.05) is 12.9 Å². The van der Waals surface area contributed by atoms with E-state index in [-0.39, 0.29) is 5.78 Å². The molecule has 0 saturated carbocycles. The lowest BCUT2D eigenvalue weighted by atomic mass is 10.3. The molecule has 1 rings (SSSR count). The predicted octanol–water partition coefficient (Wildman–Crippen LogP) is 2.24. The summed E-state index contributed by atoms with van der Waals surface area (Å²) in [5.41, 5.74) is 0.582. The standard InChI is InChI=1S/C11H18N2O2S/c1-5-13-11(10(15-4)6-12-13)9(14)7-16-8(2)3/h6,8H,5,7H2,1-4H3. The Morgan fingerprint density at radius 1 is 1.62 bits per heavy atom. The van der Waals surface area contributed by atoms with Crippen molar-refractivity contribution >= 4 is 17.5 Å². The van der Waals surface area contributed by atoms with E-state index in [1.165, 1.54) is 0 Å². The van der Waals surface area contributed by atoms with E-state index in [1.54, 1.807) is 29.8 Å². The molecule has 0 aliphatic heterocycles. The van der Waals surface area contributed by atoms with Crippen molar-refractivity contribution < 1.29 is 9.53 Å². The average molecular weight is 242 g/mol. The molecule has 0 fully saturated rings. The topological polar surface area (TPSA) is 44.1 Å². The van der Waals surface area contributed by atoms with Crippen molar-refractivity contribution in [3.05, 3.63) is 11.9 Å². The van der Waals surface area contributed by atoms with E-state index < -0.39 is 0 Å². The third-order valence-corrected chi connectivity index (χ3v) is 3.23. The summed E-state index contributed by atoms with van der Waals surface area (Å²) in [7, 11) is 1.56. The van der Waals surface area contributed by atoms with Gasteiger partial charge in [0.25, 0.3) is 0 Å². The van der Waals surface area contributed by atoms with Gasteiger partial charge in [0.05, 0.1) is 19.1 Å². The predicted molar refractivity (Wildman–Crippen MR) is 66.4 cm³/mol. The number of ether oxygens (including phenoxy) is 1. The zero-order chi connectivity index (χ0) is 12.1. The maximum atomic E-state index is 12.0. The molecule has 0 unspecified atom stereocenters. The highest BCUT2D eigenvalue weighted by Gasteiger charge is 2.18. The fourth-order valence-electron chi connectivity index (χ4n) is 1.35. The van der Waals surface area contributed by atoms with Crippen LogP contribution in [0.15, 0.2) is 6.20 Å². The van der Waals surface area contributed by atoms with Crippen LogP contribution in [-0.4, -0.2) is 33.7 Å². The van der Waals surface area contributed by atoms with Crippen molar-refractivity contribution in [1.29, 1.82) is 0 Å². The van der Waals surface area contributed by atoms with Crippen LogP contribution in [0.1, 0.15) is 31.3 Å². The van der Waals surface area contributed by atoms with Crippen LogP contribution in [0.25, 0.3) is 0 Å². The van der Waals surface area contributed by atoms with E-state index in [0.29, 0.717) is 29.0 Å². The molecule has 0 spiro atoms.